The fourth-order valence-electron chi connectivity index (χ4n) is 1.53. The molecule has 4 nitrogen and oxygen atoms in total. The summed E-state index contributed by atoms with van der Waals surface area (Å²) in [5.74, 6) is 1.30. The SMILES string of the molecule is CCC(C)CN(C)c1nc(C)cc(C(N)=S)n1. The Balaban J connectivity index is 2.93. The van der Waals surface area contributed by atoms with Crippen LogP contribution >= 0.6 is 12.2 Å². The van der Waals surface area contributed by atoms with Crippen molar-refractivity contribution >= 4 is 23.2 Å². The number of nitrogens with zero attached hydrogens (tertiary/aromatic N) is 3. The molecule has 0 aliphatic carbocycles. The molecule has 0 fully saturated rings. The van der Waals surface area contributed by atoms with Crippen LogP contribution in [-0.2, 0) is 0 Å². The van der Waals surface area contributed by atoms with Crippen molar-refractivity contribution in [2.24, 2.45) is 11.7 Å². The van der Waals surface area contributed by atoms with Gasteiger partial charge in [0.15, 0.2) is 0 Å². The minimum atomic E-state index is 0.314. The number of rotatable bonds is 5. The molecule has 2 N–H and O–H groups in total. The molecule has 1 unspecified atom stereocenters. The van der Waals surface area contributed by atoms with Gasteiger partial charge in [-0.15, -0.1) is 0 Å². The molecule has 0 radical (unpaired) electrons. The standard InChI is InChI=1S/C12H20N4S/c1-5-8(2)7-16(4)12-14-9(3)6-10(15-12)11(13)17/h6,8H,5,7H2,1-4H3,(H2,13,17). The van der Waals surface area contributed by atoms with E-state index in [0.717, 1.165) is 18.7 Å². The lowest BCUT2D eigenvalue weighted by Crippen LogP contribution is -2.27. The summed E-state index contributed by atoms with van der Waals surface area (Å²) < 4.78 is 0. The van der Waals surface area contributed by atoms with E-state index in [-0.39, 0.29) is 0 Å². The maximum Gasteiger partial charge on any atom is 0.225 e. The summed E-state index contributed by atoms with van der Waals surface area (Å²) in [5, 5.41) is 0. The van der Waals surface area contributed by atoms with Gasteiger partial charge in [-0.3, -0.25) is 0 Å². The molecule has 94 valence electrons. The van der Waals surface area contributed by atoms with Gasteiger partial charge in [0.05, 0.1) is 0 Å². The zero-order chi connectivity index (χ0) is 13.0. The molecule has 1 rings (SSSR count). The second kappa shape index (κ2) is 5.91. The Kier molecular flexibility index (Phi) is 4.81. The Labute approximate surface area is 108 Å². The number of thiocarbonyl (C=S) groups is 1. The zero-order valence-corrected chi connectivity index (χ0v) is 11.7. The Morgan fingerprint density at radius 1 is 1.53 bits per heavy atom. The van der Waals surface area contributed by atoms with E-state index in [1.54, 1.807) is 0 Å². The minimum Gasteiger partial charge on any atom is -0.388 e. The largest absolute Gasteiger partial charge is 0.388 e. The molecule has 0 amide bonds. The summed E-state index contributed by atoms with van der Waals surface area (Å²) in [4.78, 5) is 11.1. The summed E-state index contributed by atoms with van der Waals surface area (Å²) >= 11 is 4.95. The highest BCUT2D eigenvalue weighted by molar-refractivity contribution is 7.80. The molecule has 0 spiro atoms. The van der Waals surface area contributed by atoms with Crippen molar-refractivity contribution in [3.8, 4) is 0 Å². The smallest absolute Gasteiger partial charge is 0.225 e. The second-order valence-corrected chi connectivity index (χ2v) is 4.89. The molecule has 0 bridgehead atoms. The minimum absolute atomic E-state index is 0.314. The highest BCUT2D eigenvalue weighted by atomic mass is 32.1. The van der Waals surface area contributed by atoms with Crippen molar-refractivity contribution < 1.29 is 0 Å². The average Bonchev–Trinajstić information content (AvgIpc) is 2.27. The van der Waals surface area contributed by atoms with E-state index < -0.39 is 0 Å². The lowest BCUT2D eigenvalue weighted by Gasteiger charge is -2.21. The maximum absolute atomic E-state index is 5.60. The lowest BCUT2D eigenvalue weighted by atomic mass is 10.1. The first-order chi connectivity index (χ1) is 7.93. The fraction of sp³-hybridized carbons (Fsp3) is 0.583. The molecule has 0 saturated heterocycles. The fourth-order valence-corrected chi connectivity index (χ4v) is 1.63. The quantitative estimate of drug-likeness (QED) is 0.811. The van der Waals surface area contributed by atoms with Gasteiger partial charge < -0.3 is 10.6 Å². The van der Waals surface area contributed by atoms with Crippen molar-refractivity contribution in [3.05, 3.63) is 17.5 Å². The Morgan fingerprint density at radius 2 is 2.18 bits per heavy atom. The lowest BCUT2D eigenvalue weighted by molar-refractivity contribution is 0.555. The molecule has 0 aliphatic rings. The van der Waals surface area contributed by atoms with Gasteiger partial charge in [-0.25, -0.2) is 9.97 Å². The average molecular weight is 252 g/mol. The first-order valence-electron chi connectivity index (χ1n) is 5.80. The van der Waals surface area contributed by atoms with Crippen molar-refractivity contribution in [2.45, 2.75) is 27.2 Å². The highest BCUT2D eigenvalue weighted by Gasteiger charge is 2.11. The van der Waals surface area contributed by atoms with Crippen LogP contribution in [0.25, 0.3) is 0 Å². The molecule has 0 aliphatic heterocycles. The van der Waals surface area contributed by atoms with Crippen LogP contribution in [0.5, 0.6) is 0 Å². The summed E-state index contributed by atoms with van der Waals surface area (Å²) in [6, 6.07) is 1.81. The summed E-state index contributed by atoms with van der Waals surface area (Å²) in [6.07, 6.45) is 1.14. The third-order valence-corrected chi connectivity index (χ3v) is 2.93. The van der Waals surface area contributed by atoms with Crippen molar-refractivity contribution in [1.82, 2.24) is 9.97 Å². The Bertz CT molecular complexity index is 405. The summed E-state index contributed by atoms with van der Waals surface area (Å²) in [5.41, 5.74) is 7.12. The van der Waals surface area contributed by atoms with E-state index in [9.17, 15) is 0 Å². The van der Waals surface area contributed by atoms with E-state index in [4.69, 9.17) is 18.0 Å². The Hall–Kier alpha value is -1.23. The number of nitrogens with two attached hydrogens (primary N) is 1. The third-order valence-electron chi connectivity index (χ3n) is 2.72. The van der Waals surface area contributed by atoms with Gasteiger partial charge >= 0.3 is 0 Å². The van der Waals surface area contributed by atoms with Crippen molar-refractivity contribution in [3.63, 3.8) is 0 Å². The van der Waals surface area contributed by atoms with Crippen molar-refractivity contribution in [2.75, 3.05) is 18.5 Å². The summed E-state index contributed by atoms with van der Waals surface area (Å²) in [7, 11) is 1.99. The third kappa shape index (κ3) is 3.93. The van der Waals surface area contributed by atoms with Crippen LogP contribution in [0.4, 0.5) is 5.95 Å². The monoisotopic (exact) mass is 252 g/mol. The van der Waals surface area contributed by atoms with E-state index in [0.29, 0.717) is 22.5 Å². The molecule has 5 heteroatoms. The van der Waals surface area contributed by atoms with E-state index in [1.807, 2.05) is 24.9 Å². The molecule has 0 aromatic carbocycles. The van der Waals surface area contributed by atoms with Crippen LogP contribution in [-0.4, -0.2) is 28.5 Å². The Morgan fingerprint density at radius 3 is 2.71 bits per heavy atom. The predicted octanol–water partition coefficient (Wildman–Crippen LogP) is 1.90. The van der Waals surface area contributed by atoms with Gasteiger partial charge in [-0.05, 0) is 18.9 Å². The normalized spacial score (nSPS) is 12.2. The van der Waals surface area contributed by atoms with Gasteiger partial charge in [0, 0.05) is 19.3 Å². The van der Waals surface area contributed by atoms with Crippen LogP contribution in [0.2, 0.25) is 0 Å². The van der Waals surface area contributed by atoms with Crippen molar-refractivity contribution in [1.29, 1.82) is 0 Å². The van der Waals surface area contributed by atoms with Crippen LogP contribution in [0.15, 0.2) is 6.07 Å². The van der Waals surface area contributed by atoms with E-state index in [1.165, 1.54) is 0 Å². The van der Waals surface area contributed by atoms with Gasteiger partial charge in [0.2, 0.25) is 5.95 Å². The first-order valence-corrected chi connectivity index (χ1v) is 6.21. The second-order valence-electron chi connectivity index (χ2n) is 4.45. The van der Waals surface area contributed by atoms with Gasteiger partial charge in [0.1, 0.15) is 10.7 Å². The first kappa shape index (κ1) is 13.8. The number of aryl methyl sites for hydroxylation is 1. The predicted molar refractivity (Wildman–Crippen MR) is 75.4 cm³/mol. The molecular weight excluding hydrogens is 232 g/mol. The number of hydrogen-bond acceptors (Lipinski definition) is 4. The zero-order valence-electron chi connectivity index (χ0n) is 10.9. The van der Waals surface area contributed by atoms with Crippen LogP contribution < -0.4 is 10.6 Å². The topological polar surface area (TPSA) is 55.0 Å². The van der Waals surface area contributed by atoms with E-state index in [2.05, 4.69) is 23.8 Å². The molecule has 1 aromatic rings. The van der Waals surface area contributed by atoms with Gasteiger partial charge in [0.25, 0.3) is 0 Å². The molecule has 0 saturated carbocycles. The summed E-state index contributed by atoms with van der Waals surface area (Å²) in [6.45, 7) is 7.23. The van der Waals surface area contributed by atoms with Crippen LogP contribution in [0.3, 0.4) is 0 Å². The number of aromatic nitrogens is 2. The van der Waals surface area contributed by atoms with Crippen LogP contribution in [0, 0.1) is 12.8 Å². The van der Waals surface area contributed by atoms with Crippen LogP contribution in [0.1, 0.15) is 31.7 Å². The van der Waals surface area contributed by atoms with E-state index >= 15 is 0 Å². The van der Waals surface area contributed by atoms with Gasteiger partial charge in [-0.1, -0.05) is 32.5 Å². The van der Waals surface area contributed by atoms with Gasteiger partial charge in [-0.2, -0.15) is 0 Å². The molecule has 17 heavy (non-hydrogen) atoms. The highest BCUT2D eigenvalue weighted by Crippen LogP contribution is 2.12. The number of hydrogen-bond donors (Lipinski definition) is 1. The number of anilines is 1. The molecule has 1 heterocycles. The maximum atomic E-state index is 5.60. The molecule has 1 aromatic heterocycles. The molecule has 1 atom stereocenters. The molecular formula is C12H20N4S.